The van der Waals surface area contributed by atoms with Crippen molar-refractivity contribution in [3.63, 3.8) is 0 Å². The van der Waals surface area contributed by atoms with E-state index >= 15 is 0 Å². The zero-order chi connectivity index (χ0) is 21.2. The van der Waals surface area contributed by atoms with E-state index in [1.54, 1.807) is 6.26 Å². The van der Waals surface area contributed by atoms with E-state index in [1.165, 1.54) is 0 Å². The Morgan fingerprint density at radius 1 is 1.23 bits per heavy atom. The van der Waals surface area contributed by atoms with Crippen LogP contribution in [-0.2, 0) is 11.2 Å². The van der Waals surface area contributed by atoms with Gasteiger partial charge in [0.15, 0.2) is 5.96 Å². The molecule has 31 heavy (non-hydrogen) atoms. The Hall–Kier alpha value is -1.78. The van der Waals surface area contributed by atoms with Crippen LogP contribution in [0.5, 0.6) is 5.75 Å². The molecule has 1 saturated heterocycles. The first-order chi connectivity index (χ1) is 14.6. The van der Waals surface area contributed by atoms with E-state index in [2.05, 4.69) is 15.6 Å². The molecule has 172 valence electrons. The second-order valence-electron chi connectivity index (χ2n) is 7.71. The summed E-state index contributed by atoms with van der Waals surface area (Å²) < 4.78 is 16.7. The van der Waals surface area contributed by atoms with Crippen LogP contribution in [0.25, 0.3) is 0 Å². The third kappa shape index (κ3) is 9.08. The molecular weight excluding hydrogens is 509 g/mol. The molecule has 1 aromatic heterocycles. The number of rotatable bonds is 10. The highest BCUT2D eigenvalue weighted by atomic mass is 127. The zero-order valence-electron chi connectivity index (χ0n) is 18.3. The molecule has 2 atom stereocenters. The summed E-state index contributed by atoms with van der Waals surface area (Å²) >= 11 is 0. The minimum Gasteiger partial charge on any atom is -0.491 e. The molecule has 0 aliphatic carbocycles. The van der Waals surface area contributed by atoms with E-state index in [-0.39, 0.29) is 42.7 Å². The number of nitrogens with one attached hydrogen (secondary N) is 2. The van der Waals surface area contributed by atoms with Crippen molar-refractivity contribution in [3.05, 3.63) is 54.0 Å². The lowest BCUT2D eigenvalue weighted by atomic mass is 10.1. The van der Waals surface area contributed by atoms with Crippen molar-refractivity contribution in [1.29, 1.82) is 0 Å². The van der Waals surface area contributed by atoms with Gasteiger partial charge in [0.1, 0.15) is 11.5 Å². The van der Waals surface area contributed by atoms with Crippen molar-refractivity contribution < 1.29 is 19.0 Å². The first kappa shape index (κ1) is 25.5. The van der Waals surface area contributed by atoms with Crippen LogP contribution in [0, 0.1) is 0 Å². The lowest BCUT2D eigenvalue weighted by Gasteiger charge is -2.17. The maximum Gasteiger partial charge on any atom is 0.191 e. The summed E-state index contributed by atoms with van der Waals surface area (Å²) in [5.41, 5.74) is 0.809. The minimum atomic E-state index is -0.690. The monoisotopic (exact) mass is 543 g/mol. The number of aliphatic imine (C=N–C) groups is 1. The van der Waals surface area contributed by atoms with E-state index in [9.17, 15) is 5.11 Å². The highest BCUT2D eigenvalue weighted by Crippen LogP contribution is 2.19. The number of hydrogen-bond acceptors (Lipinski definition) is 5. The predicted molar refractivity (Wildman–Crippen MR) is 132 cm³/mol. The molecule has 2 aromatic rings. The van der Waals surface area contributed by atoms with Gasteiger partial charge in [-0.15, -0.1) is 24.0 Å². The van der Waals surface area contributed by atoms with Gasteiger partial charge in [-0.2, -0.15) is 0 Å². The summed E-state index contributed by atoms with van der Waals surface area (Å²) in [5.74, 6) is 2.38. The van der Waals surface area contributed by atoms with E-state index < -0.39 is 6.10 Å². The summed E-state index contributed by atoms with van der Waals surface area (Å²) in [6.45, 7) is 6.43. The van der Waals surface area contributed by atoms with Crippen molar-refractivity contribution in [2.75, 3.05) is 26.2 Å². The zero-order valence-corrected chi connectivity index (χ0v) is 20.6. The number of aliphatic hydroxyl groups excluding tert-OH is 1. The maximum absolute atomic E-state index is 10.6. The molecule has 3 rings (SSSR count). The average molecular weight is 543 g/mol. The number of ether oxygens (including phenoxy) is 2. The van der Waals surface area contributed by atoms with Gasteiger partial charge in [0.25, 0.3) is 0 Å². The molecule has 0 radical (unpaired) electrons. The van der Waals surface area contributed by atoms with Crippen LogP contribution in [0.4, 0.5) is 0 Å². The van der Waals surface area contributed by atoms with E-state index in [0.29, 0.717) is 19.0 Å². The predicted octanol–water partition coefficient (Wildman–Crippen LogP) is 3.68. The Bertz CT molecular complexity index is 760. The van der Waals surface area contributed by atoms with E-state index in [1.807, 2.05) is 50.2 Å². The average Bonchev–Trinajstić information content (AvgIpc) is 3.43. The molecule has 2 unspecified atom stereocenters. The highest BCUT2D eigenvalue weighted by molar-refractivity contribution is 14.0. The van der Waals surface area contributed by atoms with Gasteiger partial charge in [0, 0.05) is 26.1 Å². The highest BCUT2D eigenvalue weighted by Gasteiger charge is 2.16. The minimum absolute atomic E-state index is 0. The SMILES string of the molecule is CC(C)Oc1ccc(C(O)CN=C(NCCc2ccco2)NCC2CCCO2)cc1.I. The molecule has 0 saturated carbocycles. The maximum atomic E-state index is 10.6. The lowest BCUT2D eigenvalue weighted by Crippen LogP contribution is -2.42. The molecule has 1 aliphatic heterocycles. The Morgan fingerprint density at radius 3 is 2.68 bits per heavy atom. The first-order valence-electron chi connectivity index (χ1n) is 10.7. The number of benzene rings is 1. The van der Waals surface area contributed by atoms with Gasteiger partial charge in [0.2, 0.25) is 0 Å². The van der Waals surface area contributed by atoms with Gasteiger partial charge >= 0.3 is 0 Å². The number of aliphatic hydroxyl groups is 1. The van der Waals surface area contributed by atoms with E-state index in [0.717, 1.165) is 42.9 Å². The van der Waals surface area contributed by atoms with Crippen LogP contribution in [0.2, 0.25) is 0 Å². The van der Waals surface area contributed by atoms with Gasteiger partial charge < -0.3 is 29.6 Å². The van der Waals surface area contributed by atoms with E-state index in [4.69, 9.17) is 13.9 Å². The number of hydrogen-bond donors (Lipinski definition) is 3. The molecule has 2 heterocycles. The van der Waals surface area contributed by atoms with Crippen molar-refractivity contribution in [2.24, 2.45) is 4.99 Å². The van der Waals surface area contributed by atoms with Crippen LogP contribution in [0.15, 0.2) is 52.1 Å². The molecule has 7 nitrogen and oxygen atoms in total. The summed E-state index contributed by atoms with van der Waals surface area (Å²) in [6, 6.07) is 11.3. The fourth-order valence-corrected chi connectivity index (χ4v) is 3.27. The number of furan rings is 1. The Morgan fingerprint density at radius 2 is 2.03 bits per heavy atom. The first-order valence-corrected chi connectivity index (χ1v) is 10.7. The second kappa shape index (κ2) is 13.6. The molecule has 0 spiro atoms. The molecule has 1 aromatic carbocycles. The molecule has 0 amide bonds. The fourth-order valence-electron chi connectivity index (χ4n) is 3.27. The topological polar surface area (TPSA) is 88.3 Å². The van der Waals surface area contributed by atoms with Crippen LogP contribution < -0.4 is 15.4 Å². The van der Waals surface area contributed by atoms with Crippen molar-refractivity contribution >= 4 is 29.9 Å². The summed E-state index contributed by atoms with van der Waals surface area (Å²) in [4.78, 5) is 4.58. The van der Waals surface area contributed by atoms with Crippen molar-refractivity contribution in [3.8, 4) is 5.75 Å². The van der Waals surface area contributed by atoms with Gasteiger partial charge in [-0.1, -0.05) is 12.1 Å². The standard InChI is InChI=1S/C23H33N3O4.HI/c1-17(2)30-20-9-7-18(8-10-20)22(27)16-26-23(25-15-21-6-4-14-29-21)24-12-11-19-5-3-13-28-19;/h3,5,7-10,13,17,21-22,27H,4,6,11-12,14-16H2,1-2H3,(H2,24,25,26);1H. The van der Waals surface area contributed by atoms with Gasteiger partial charge in [0.05, 0.1) is 31.1 Å². The molecular formula is C23H34IN3O4. The van der Waals surface area contributed by atoms with Gasteiger partial charge in [-0.25, -0.2) is 0 Å². The summed E-state index contributed by atoms with van der Waals surface area (Å²) in [5, 5.41) is 17.2. The second-order valence-corrected chi connectivity index (χ2v) is 7.71. The van der Waals surface area contributed by atoms with Crippen molar-refractivity contribution in [1.82, 2.24) is 10.6 Å². The number of halogens is 1. The summed E-state index contributed by atoms with van der Waals surface area (Å²) in [6.07, 6.45) is 4.22. The fraction of sp³-hybridized carbons (Fsp3) is 0.522. The normalized spacial score (nSPS) is 17.3. The molecule has 1 aliphatic rings. The Labute approximate surface area is 201 Å². The molecule has 3 N–H and O–H groups in total. The molecule has 8 heteroatoms. The lowest BCUT2D eigenvalue weighted by molar-refractivity contribution is 0.113. The number of guanidine groups is 1. The smallest absolute Gasteiger partial charge is 0.191 e. The third-order valence-corrected chi connectivity index (χ3v) is 4.82. The quantitative estimate of drug-likeness (QED) is 0.241. The van der Waals surface area contributed by atoms with Crippen LogP contribution >= 0.6 is 24.0 Å². The Balaban J connectivity index is 0.00000341. The number of nitrogens with zero attached hydrogens (tertiary/aromatic N) is 1. The van der Waals surface area contributed by atoms with Gasteiger partial charge in [-0.3, -0.25) is 4.99 Å². The third-order valence-electron chi connectivity index (χ3n) is 4.82. The largest absolute Gasteiger partial charge is 0.491 e. The molecule has 1 fully saturated rings. The van der Waals surface area contributed by atoms with Crippen LogP contribution in [0.3, 0.4) is 0 Å². The van der Waals surface area contributed by atoms with Crippen LogP contribution in [0.1, 0.15) is 44.1 Å². The van der Waals surface area contributed by atoms with Crippen LogP contribution in [-0.4, -0.2) is 49.5 Å². The van der Waals surface area contributed by atoms with Gasteiger partial charge in [-0.05, 0) is 56.5 Å². The summed E-state index contributed by atoms with van der Waals surface area (Å²) in [7, 11) is 0. The molecule has 0 bridgehead atoms. The van der Waals surface area contributed by atoms with Crippen molar-refractivity contribution in [2.45, 2.75) is 51.4 Å². The Kier molecular flexibility index (Phi) is 11.2.